The molecule has 4 rings (SSSR count). The fourth-order valence-electron chi connectivity index (χ4n) is 2.90. The smallest absolute Gasteiger partial charge is 0.221 e. The van der Waals surface area contributed by atoms with E-state index in [1.54, 1.807) is 12.1 Å². The van der Waals surface area contributed by atoms with Crippen LogP contribution < -0.4 is 10.1 Å². The maximum atomic E-state index is 11.7. The summed E-state index contributed by atoms with van der Waals surface area (Å²) < 4.78 is 5.85. The second kappa shape index (κ2) is 8.69. The first-order chi connectivity index (χ1) is 14.5. The Hall–Kier alpha value is -3.15. The zero-order chi connectivity index (χ0) is 21.1. The molecule has 3 aromatic carbocycles. The summed E-state index contributed by atoms with van der Waals surface area (Å²) in [6, 6.07) is 23.0. The molecule has 0 unspecified atom stereocenters. The molecule has 4 aromatic rings. The zero-order valence-corrected chi connectivity index (χ0v) is 18.1. The highest BCUT2D eigenvalue weighted by Crippen LogP contribution is 2.38. The van der Waals surface area contributed by atoms with Gasteiger partial charge in [0.25, 0.3) is 0 Å². The lowest BCUT2D eigenvalue weighted by molar-refractivity contribution is -0.114. The number of rotatable bonds is 5. The van der Waals surface area contributed by atoms with Crippen LogP contribution in [-0.2, 0) is 4.79 Å². The highest BCUT2D eigenvalue weighted by atomic mass is 35.5. The third-order valence-corrected chi connectivity index (χ3v) is 5.66. The van der Waals surface area contributed by atoms with Crippen LogP contribution in [0.25, 0.3) is 21.8 Å². The van der Waals surface area contributed by atoms with Crippen molar-refractivity contribution in [3.8, 4) is 33.3 Å². The molecule has 1 N–H and O–H groups in total. The van der Waals surface area contributed by atoms with Crippen LogP contribution >= 0.6 is 22.9 Å². The van der Waals surface area contributed by atoms with Crippen LogP contribution in [0.15, 0.2) is 72.8 Å². The molecule has 0 fully saturated rings. The number of benzene rings is 3. The van der Waals surface area contributed by atoms with Gasteiger partial charge in [0.1, 0.15) is 27.2 Å². The Morgan fingerprint density at radius 1 is 0.900 bits per heavy atom. The molecule has 0 bridgehead atoms. The predicted molar refractivity (Wildman–Crippen MR) is 124 cm³/mol. The molecule has 6 heteroatoms. The average Bonchev–Trinajstić information content (AvgIpc) is 3.14. The van der Waals surface area contributed by atoms with E-state index in [1.807, 2.05) is 67.6 Å². The molecule has 0 atom stereocenters. The van der Waals surface area contributed by atoms with E-state index in [4.69, 9.17) is 21.3 Å². The van der Waals surface area contributed by atoms with Crippen molar-refractivity contribution in [2.75, 3.05) is 5.32 Å². The molecule has 150 valence electrons. The van der Waals surface area contributed by atoms with Crippen molar-refractivity contribution < 1.29 is 9.53 Å². The Bertz CT molecular complexity index is 1170. The minimum absolute atomic E-state index is 0.120. The van der Waals surface area contributed by atoms with Crippen molar-refractivity contribution in [3.63, 3.8) is 0 Å². The monoisotopic (exact) mass is 434 g/mol. The van der Waals surface area contributed by atoms with E-state index in [9.17, 15) is 4.79 Å². The molecule has 0 aliphatic rings. The fraction of sp³-hybridized carbons (Fsp3) is 0.0833. The van der Waals surface area contributed by atoms with E-state index in [2.05, 4.69) is 5.32 Å². The number of hydrogen-bond donors (Lipinski definition) is 1. The van der Waals surface area contributed by atoms with E-state index in [0.29, 0.717) is 5.02 Å². The third-order valence-electron chi connectivity index (χ3n) is 4.39. The summed E-state index contributed by atoms with van der Waals surface area (Å²) in [6.07, 6.45) is 0. The number of halogens is 1. The summed E-state index contributed by atoms with van der Waals surface area (Å²) in [5.74, 6) is 1.32. The van der Waals surface area contributed by atoms with Gasteiger partial charge in [0.15, 0.2) is 0 Å². The Balaban J connectivity index is 1.62. The third kappa shape index (κ3) is 4.70. The van der Waals surface area contributed by atoms with Gasteiger partial charge in [-0.25, -0.2) is 4.98 Å². The van der Waals surface area contributed by atoms with Crippen molar-refractivity contribution >= 4 is 33.8 Å². The average molecular weight is 435 g/mol. The normalized spacial score (nSPS) is 10.6. The van der Waals surface area contributed by atoms with Crippen LogP contribution in [0.3, 0.4) is 0 Å². The van der Waals surface area contributed by atoms with Gasteiger partial charge in [0, 0.05) is 23.1 Å². The van der Waals surface area contributed by atoms with Crippen LogP contribution in [0.2, 0.25) is 5.02 Å². The molecule has 0 spiro atoms. The minimum Gasteiger partial charge on any atom is -0.457 e. The molecule has 1 aromatic heterocycles. The van der Waals surface area contributed by atoms with Crippen molar-refractivity contribution in [1.29, 1.82) is 0 Å². The first-order valence-corrected chi connectivity index (χ1v) is 10.6. The largest absolute Gasteiger partial charge is 0.457 e. The van der Waals surface area contributed by atoms with Crippen LogP contribution in [0, 0.1) is 6.92 Å². The van der Waals surface area contributed by atoms with E-state index in [1.165, 1.54) is 23.8 Å². The number of aromatic nitrogens is 1. The van der Waals surface area contributed by atoms with Gasteiger partial charge in [0.2, 0.25) is 5.91 Å². The Morgan fingerprint density at radius 2 is 1.47 bits per heavy atom. The van der Waals surface area contributed by atoms with Crippen molar-refractivity contribution in [2.24, 2.45) is 0 Å². The van der Waals surface area contributed by atoms with Gasteiger partial charge in [-0.2, -0.15) is 0 Å². The van der Waals surface area contributed by atoms with E-state index < -0.39 is 0 Å². The van der Waals surface area contributed by atoms with Gasteiger partial charge in [-0.15, -0.1) is 0 Å². The Kier molecular flexibility index (Phi) is 5.84. The van der Waals surface area contributed by atoms with Gasteiger partial charge >= 0.3 is 0 Å². The highest BCUT2D eigenvalue weighted by Gasteiger charge is 2.15. The van der Waals surface area contributed by atoms with Gasteiger partial charge < -0.3 is 10.1 Å². The summed E-state index contributed by atoms with van der Waals surface area (Å²) in [5.41, 5.74) is 3.86. The maximum absolute atomic E-state index is 11.7. The molecule has 1 heterocycles. The molecule has 0 radical (unpaired) electrons. The Labute approximate surface area is 184 Å². The van der Waals surface area contributed by atoms with E-state index in [0.717, 1.165) is 38.3 Å². The van der Waals surface area contributed by atoms with Gasteiger partial charge in [-0.1, -0.05) is 52.8 Å². The number of nitrogens with zero attached hydrogens (tertiary/aromatic N) is 1. The van der Waals surface area contributed by atoms with Crippen LogP contribution in [-0.4, -0.2) is 10.9 Å². The van der Waals surface area contributed by atoms with Crippen molar-refractivity contribution in [3.05, 3.63) is 83.4 Å². The van der Waals surface area contributed by atoms with Crippen molar-refractivity contribution in [1.82, 2.24) is 4.98 Å². The number of nitrogens with one attached hydrogen (secondary N) is 1. The van der Waals surface area contributed by atoms with E-state index in [-0.39, 0.29) is 5.91 Å². The topological polar surface area (TPSA) is 51.2 Å². The van der Waals surface area contributed by atoms with Crippen LogP contribution in [0.5, 0.6) is 11.5 Å². The fourth-order valence-corrected chi connectivity index (χ4v) is 4.06. The SMILES string of the molecule is CC(=O)Nc1sc(-c2ccc(Oc3ccc(Cl)cc3)cc2)nc1-c1ccc(C)cc1. The molecule has 0 aliphatic carbocycles. The molecule has 0 saturated heterocycles. The summed E-state index contributed by atoms with van der Waals surface area (Å²) in [7, 11) is 0. The lowest BCUT2D eigenvalue weighted by Crippen LogP contribution is -2.05. The summed E-state index contributed by atoms with van der Waals surface area (Å²) >= 11 is 7.37. The molecule has 0 aliphatic heterocycles. The second-order valence-electron chi connectivity index (χ2n) is 6.82. The lowest BCUT2D eigenvalue weighted by atomic mass is 10.1. The lowest BCUT2D eigenvalue weighted by Gasteiger charge is -2.06. The molecule has 30 heavy (non-hydrogen) atoms. The van der Waals surface area contributed by atoms with Crippen molar-refractivity contribution in [2.45, 2.75) is 13.8 Å². The van der Waals surface area contributed by atoms with Gasteiger partial charge in [-0.05, 0) is 55.5 Å². The molecule has 4 nitrogen and oxygen atoms in total. The number of carbonyl (C=O) groups is 1. The van der Waals surface area contributed by atoms with Crippen LogP contribution in [0.4, 0.5) is 5.00 Å². The van der Waals surface area contributed by atoms with E-state index >= 15 is 0 Å². The molecular formula is C24H19ClN2O2S. The summed E-state index contributed by atoms with van der Waals surface area (Å²) in [4.78, 5) is 16.5. The first-order valence-electron chi connectivity index (χ1n) is 9.37. The quantitative estimate of drug-likeness (QED) is 0.361. The summed E-state index contributed by atoms with van der Waals surface area (Å²) in [6.45, 7) is 3.54. The number of carbonyl (C=O) groups excluding carboxylic acids is 1. The molecule has 0 saturated carbocycles. The highest BCUT2D eigenvalue weighted by molar-refractivity contribution is 7.19. The molecular weight excluding hydrogens is 416 g/mol. The number of hydrogen-bond acceptors (Lipinski definition) is 4. The Morgan fingerprint density at radius 3 is 2.07 bits per heavy atom. The second-order valence-corrected chi connectivity index (χ2v) is 8.26. The van der Waals surface area contributed by atoms with Crippen LogP contribution in [0.1, 0.15) is 12.5 Å². The standard InChI is InChI=1S/C24H19ClN2O2S/c1-15-3-5-17(6-4-15)22-24(26-16(2)28)30-23(27-22)18-7-11-20(12-8-18)29-21-13-9-19(25)10-14-21/h3-14H,1-2H3,(H,26,28). The summed E-state index contributed by atoms with van der Waals surface area (Å²) in [5, 5.41) is 5.14. The number of anilines is 1. The number of thiazole rings is 1. The maximum Gasteiger partial charge on any atom is 0.221 e. The predicted octanol–water partition coefficient (Wildman–Crippen LogP) is 7.19. The molecule has 1 amide bonds. The van der Waals surface area contributed by atoms with Gasteiger partial charge in [-0.3, -0.25) is 4.79 Å². The first kappa shape index (κ1) is 20.1. The number of ether oxygens (including phenoxy) is 1. The minimum atomic E-state index is -0.120. The number of aryl methyl sites for hydroxylation is 1. The number of amides is 1. The zero-order valence-electron chi connectivity index (χ0n) is 16.5. The van der Waals surface area contributed by atoms with Gasteiger partial charge in [0.05, 0.1) is 0 Å².